The monoisotopic (exact) mass is 302 g/mol. The minimum atomic E-state index is 0.138. The SMILES string of the molecule is Cc1nc(N2CC(CBr)CC2=O)ccc1Cl. The highest BCUT2D eigenvalue weighted by Gasteiger charge is 2.30. The summed E-state index contributed by atoms with van der Waals surface area (Å²) in [6.45, 7) is 2.58. The molecule has 0 bridgehead atoms. The second kappa shape index (κ2) is 4.72. The molecule has 3 nitrogen and oxygen atoms in total. The van der Waals surface area contributed by atoms with E-state index in [1.165, 1.54) is 0 Å². The van der Waals surface area contributed by atoms with E-state index in [1.54, 1.807) is 17.0 Å². The van der Waals surface area contributed by atoms with E-state index in [2.05, 4.69) is 20.9 Å². The molecule has 2 rings (SSSR count). The zero-order chi connectivity index (χ0) is 11.7. The Hall–Kier alpha value is -0.610. The highest BCUT2D eigenvalue weighted by Crippen LogP contribution is 2.26. The molecule has 0 saturated carbocycles. The first-order valence-corrected chi connectivity index (χ1v) is 6.61. The number of hydrogen-bond acceptors (Lipinski definition) is 2. The Morgan fingerprint density at radius 1 is 1.62 bits per heavy atom. The van der Waals surface area contributed by atoms with E-state index in [-0.39, 0.29) is 5.91 Å². The zero-order valence-corrected chi connectivity index (χ0v) is 11.3. The fourth-order valence-corrected chi connectivity index (χ4v) is 2.33. The molecular weight excluding hydrogens is 291 g/mol. The number of aromatic nitrogens is 1. The van der Waals surface area contributed by atoms with E-state index in [0.29, 0.717) is 23.2 Å². The van der Waals surface area contributed by atoms with E-state index in [1.807, 2.05) is 6.92 Å². The van der Waals surface area contributed by atoms with Crippen LogP contribution in [-0.4, -0.2) is 22.8 Å². The quantitative estimate of drug-likeness (QED) is 0.787. The normalized spacial score (nSPS) is 20.6. The van der Waals surface area contributed by atoms with Crippen LogP contribution in [0.1, 0.15) is 12.1 Å². The maximum absolute atomic E-state index is 11.8. The number of carbonyl (C=O) groups is 1. The Kier molecular flexibility index (Phi) is 3.50. The summed E-state index contributed by atoms with van der Waals surface area (Å²) in [4.78, 5) is 17.8. The van der Waals surface area contributed by atoms with Crippen LogP contribution in [0.2, 0.25) is 5.02 Å². The van der Waals surface area contributed by atoms with Crippen molar-refractivity contribution >= 4 is 39.3 Å². The number of rotatable bonds is 2. The molecule has 5 heteroatoms. The van der Waals surface area contributed by atoms with Gasteiger partial charge >= 0.3 is 0 Å². The van der Waals surface area contributed by atoms with Gasteiger partial charge in [-0.05, 0) is 25.0 Å². The molecule has 1 aliphatic rings. The van der Waals surface area contributed by atoms with Gasteiger partial charge in [0.1, 0.15) is 5.82 Å². The number of pyridine rings is 1. The lowest BCUT2D eigenvalue weighted by Crippen LogP contribution is -2.25. The summed E-state index contributed by atoms with van der Waals surface area (Å²) in [7, 11) is 0. The molecule has 1 atom stereocenters. The lowest BCUT2D eigenvalue weighted by atomic mass is 10.2. The summed E-state index contributed by atoms with van der Waals surface area (Å²) in [5.41, 5.74) is 0.759. The third-order valence-corrected chi connectivity index (χ3v) is 4.02. The van der Waals surface area contributed by atoms with E-state index < -0.39 is 0 Å². The number of halogens is 2. The third-order valence-electron chi connectivity index (χ3n) is 2.71. The number of amides is 1. The summed E-state index contributed by atoms with van der Waals surface area (Å²) in [5, 5.41) is 1.48. The predicted molar refractivity (Wildman–Crippen MR) is 68.2 cm³/mol. The summed E-state index contributed by atoms with van der Waals surface area (Å²) in [6, 6.07) is 3.58. The van der Waals surface area contributed by atoms with Gasteiger partial charge in [-0.15, -0.1) is 0 Å². The molecule has 1 saturated heterocycles. The van der Waals surface area contributed by atoms with Crippen molar-refractivity contribution in [1.29, 1.82) is 0 Å². The standard InChI is InChI=1S/C11H12BrClN2O/c1-7-9(13)2-3-10(14-7)15-6-8(5-12)4-11(15)16/h2-3,8H,4-6H2,1H3. The molecule has 2 heterocycles. The number of carbonyl (C=O) groups excluding carboxylic acids is 1. The molecule has 0 N–H and O–H groups in total. The van der Waals surface area contributed by atoms with Gasteiger partial charge < -0.3 is 0 Å². The fraction of sp³-hybridized carbons (Fsp3) is 0.455. The van der Waals surface area contributed by atoms with Gasteiger partial charge in [-0.25, -0.2) is 4.98 Å². The Bertz CT molecular complexity index is 424. The molecule has 0 aliphatic carbocycles. The van der Waals surface area contributed by atoms with E-state index in [4.69, 9.17) is 11.6 Å². The van der Waals surface area contributed by atoms with E-state index in [0.717, 1.165) is 17.6 Å². The fourth-order valence-electron chi connectivity index (χ4n) is 1.79. The third kappa shape index (κ3) is 2.23. The highest BCUT2D eigenvalue weighted by atomic mass is 79.9. The molecule has 0 radical (unpaired) electrons. The molecular formula is C11H12BrClN2O. The lowest BCUT2D eigenvalue weighted by molar-refractivity contribution is -0.117. The Morgan fingerprint density at radius 3 is 2.94 bits per heavy atom. The van der Waals surface area contributed by atoms with Crippen LogP contribution < -0.4 is 4.90 Å². The van der Waals surface area contributed by atoms with Gasteiger partial charge in [0, 0.05) is 18.3 Å². The summed E-state index contributed by atoms with van der Waals surface area (Å²) in [5.74, 6) is 1.22. The van der Waals surface area contributed by atoms with Crippen LogP contribution in [0.5, 0.6) is 0 Å². The van der Waals surface area contributed by atoms with Crippen molar-refractivity contribution in [2.45, 2.75) is 13.3 Å². The highest BCUT2D eigenvalue weighted by molar-refractivity contribution is 9.09. The predicted octanol–water partition coefficient (Wildman–Crippen LogP) is 2.79. The minimum absolute atomic E-state index is 0.138. The topological polar surface area (TPSA) is 33.2 Å². The Balaban J connectivity index is 2.24. The van der Waals surface area contributed by atoms with Gasteiger partial charge in [0.05, 0.1) is 10.7 Å². The number of hydrogen-bond donors (Lipinski definition) is 0. The molecule has 1 fully saturated rings. The summed E-state index contributed by atoms with van der Waals surface area (Å²) < 4.78 is 0. The molecule has 1 aromatic heterocycles. The zero-order valence-electron chi connectivity index (χ0n) is 8.91. The Labute approximate surface area is 108 Å². The average molecular weight is 304 g/mol. The largest absolute Gasteiger partial charge is 0.296 e. The van der Waals surface area contributed by atoms with Crippen LogP contribution in [0.3, 0.4) is 0 Å². The van der Waals surface area contributed by atoms with Crippen LogP contribution in [0.4, 0.5) is 5.82 Å². The summed E-state index contributed by atoms with van der Waals surface area (Å²) >= 11 is 9.32. The lowest BCUT2D eigenvalue weighted by Gasteiger charge is -2.15. The first kappa shape index (κ1) is 11.9. The van der Waals surface area contributed by atoms with Crippen molar-refractivity contribution in [3.8, 4) is 0 Å². The van der Waals surface area contributed by atoms with Gasteiger partial charge in [0.15, 0.2) is 0 Å². The molecule has 0 aromatic carbocycles. The number of nitrogens with zero attached hydrogens (tertiary/aromatic N) is 2. The molecule has 86 valence electrons. The van der Waals surface area contributed by atoms with Crippen molar-refractivity contribution in [2.75, 3.05) is 16.8 Å². The minimum Gasteiger partial charge on any atom is -0.296 e. The average Bonchev–Trinajstić information content (AvgIpc) is 2.64. The van der Waals surface area contributed by atoms with Crippen molar-refractivity contribution in [2.24, 2.45) is 5.92 Å². The van der Waals surface area contributed by atoms with E-state index in [9.17, 15) is 4.79 Å². The molecule has 1 unspecified atom stereocenters. The van der Waals surface area contributed by atoms with Gasteiger partial charge in [-0.3, -0.25) is 9.69 Å². The second-order valence-corrected chi connectivity index (χ2v) is 5.02. The van der Waals surface area contributed by atoms with Crippen molar-refractivity contribution in [3.05, 3.63) is 22.8 Å². The van der Waals surface area contributed by atoms with Gasteiger partial charge in [-0.1, -0.05) is 27.5 Å². The van der Waals surface area contributed by atoms with Gasteiger partial charge in [0.25, 0.3) is 0 Å². The van der Waals surface area contributed by atoms with Crippen LogP contribution >= 0.6 is 27.5 Å². The van der Waals surface area contributed by atoms with E-state index >= 15 is 0 Å². The maximum atomic E-state index is 11.8. The van der Waals surface area contributed by atoms with Gasteiger partial charge in [-0.2, -0.15) is 0 Å². The van der Waals surface area contributed by atoms with Crippen LogP contribution in [0.25, 0.3) is 0 Å². The van der Waals surface area contributed by atoms with Crippen LogP contribution in [0, 0.1) is 12.8 Å². The number of anilines is 1. The molecule has 1 aliphatic heterocycles. The molecule has 1 amide bonds. The van der Waals surface area contributed by atoms with Crippen molar-refractivity contribution in [3.63, 3.8) is 0 Å². The number of alkyl halides is 1. The Morgan fingerprint density at radius 2 is 2.38 bits per heavy atom. The smallest absolute Gasteiger partial charge is 0.228 e. The second-order valence-electron chi connectivity index (χ2n) is 3.97. The first-order valence-electron chi connectivity index (χ1n) is 5.11. The van der Waals surface area contributed by atoms with Gasteiger partial charge in [0.2, 0.25) is 5.91 Å². The van der Waals surface area contributed by atoms with Crippen LogP contribution in [-0.2, 0) is 4.79 Å². The van der Waals surface area contributed by atoms with Crippen LogP contribution in [0.15, 0.2) is 12.1 Å². The molecule has 1 aromatic rings. The maximum Gasteiger partial charge on any atom is 0.228 e. The molecule has 16 heavy (non-hydrogen) atoms. The van der Waals surface area contributed by atoms with Crippen molar-refractivity contribution in [1.82, 2.24) is 4.98 Å². The van der Waals surface area contributed by atoms with Crippen molar-refractivity contribution < 1.29 is 4.79 Å². The first-order chi connectivity index (χ1) is 7.61. The summed E-state index contributed by atoms with van der Waals surface area (Å²) in [6.07, 6.45) is 0.592. The number of aryl methyl sites for hydroxylation is 1. The molecule has 0 spiro atoms.